The molecule has 0 radical (unpaired) electrons. The van der Waals surface area contributed by atoms with Crippen molar-refractivity contribution in [3.05, 3.63) is 60.4 Å². The predicted molar refractivity (Wildman–Crippen MR) is 79.4 cm³/mol. The third kappa shape index (κ3) is 3.55. The smallest absolute Gasteiger partial charge is 0.0798 e. The van der Waals surface area contributed by atoms with Gasteiger partial charge in [0.15, 0.2) is 0 Å². The maximum atomic E-state index is 4.65. The molecule has 0 amide bonds. The Morgan fingerprint density at radius 1 is 1.32 bits per heavy atom. The van der Waals surface area contributed by atoms with E-state index in [1.54, 1.807) is 0 Å². The number of benzene rings is 1. The van der Waals surface area contributed by atoms with Crippen molar-refractivity contribution in [3.8, 4) is 5.69 Å². The Kier molecular flexibility index (Phi) is 4.53. The average molecular weight is 255 g/mol. The van der Waals surface area contributed by atoms with Crippen LogP contribution in [0.15, 0.2) is 54.7 Å². The molecular formula is C16H21N3. The third-order valence-electron chi connectivity index (χ3n) is 3.20. The van der Waals surface area contributed by atoms with Gasteiger partial charge in [0.05, 0.1) is 17.4 Å². The number of hydrogen-bond donors (Lipinski definition) is 1. The first-order chi connectivity index (χ1) is 9.20. The van der Waals surface area contributed by atoms with Crippen molar-refractivity contribution in [3.63, 3.8) is 0 Å². The zero-order valence-electron chi connectivity index (χ0n) is 11.6. The van der Waals surface area contributed by atoms with E-state index in [-0.39, 0.29) is 6.04 Å². The molecule has 0 aliphatic heterocycles. The summed E-state index contributed by atoms with van der Waals surface area (Å²) in [6.07, 6.45) is 4.05. The van der Waals surface area contributed by atoms with Gasteiger partial charge in [-0.1, -0.05) is 23.8 Å². The molecule has 0 fully saturated rings. The summed E-state index contributed by atoms with van der Waals surface area (Å²) in [7, 11) is 1.98. The lowest BCUT2D eigenvalue weighted by molar-refractivity contribution is 0.530. The summed E-state index contributed by atoms with van der Waals surface area (Å²) in [4.78, 5) is 0. The number of allylic oxidation sites excluding steroid dienone is 1. The Hall–Kier alpha value is -1.87. The van der Waals surface area contributed by atoms with Crippen LogP contribution in [0.1, 0.15) is 31.5 Å². The number of nitrogens with zero attached hydrogens (tertiary/aromatic N) is 2. The van der Waals surface area contributed by atoms with E-state index in [2.05, 4.69) is 42.1 Å². The van der Waals surface area contributed by atoms with Crippen LogP contribution in [0.4, 0.5) is 0 Å². The monoisotopic (exact) mass is 255 g/mol. The zero-order chi connectivity index (χ0) is 13.7. The molecule has 1 unspecified atom stereocenters. The number of hydrogen-bond acceptors (Lipinski definition) is 2. The Balaban J connectivity index is 2.13. The fraction of sp³-hybridized carbons (Fsp3) is 0.312. The molecule has 0 bridgehead atoms. The molecule has 19 heavy (non-hydrogen) atoms. The van der Waals surface area contributed by atoms with Gasteiger partial charge in [0.25, 0.3) is 0 Å². The van der Waals surface area contributed by atoms with Crippen molar-refractivity contribution < 1.29 is 0 Å². The number of rotatable bonds is 6. The minimum Gasteiger partial charge on any atom is -0.312 e. The van der Waals surface area contributed by atoms with E-state index in [1.807, 2.05) is 36.1 Å². The van der Waals surface area contributed by atoms with Crippen LogP contribution in [0.3, 0.4) is 0 Å². The summed E-state index contributed by atoms with van der Waals surface area (Å²) >= 11 is 0. The van der Waals surface area contributed by atoms with E-state index < -0.39 is 0 Å². The summed E-state index contributed by atoms with van der Waals surface area (Å²) in [5.74, 6) is 0. The molecule has 100 valence electrons. The van der Waals surface area contributed by atoms with Gasteiger partial charge in [-0.2, -0.15) is 5.10 Å². The highest BCUT2D eigenvalue weighted by atomic mass is 15.3. The lowest BCUT2D eigenvalue weighted by Gasteiger charge is -2.13. The summed E-state index contributed by atoms with van der Waals surface area (Å²) in [5.41, 5.74) is 3.37. The lowest BCUT2D eigenvalue weighted by Crippen LogP contribution is -2.17. The summed E-state index contributed by atoms with van der Waals surface area (Å²) in [6.45, 7) is 6.02. The topological polar surface area (TPSA) is 29.9 Å². The van der Waals surface area contributed by atoms with Crippen LogP contribution in [-0.4, -0.2) is 16.8 Å². The number of nitrogens with one attached hydrogen (secondary N) is 1. The highest BCUT2D eigenvalue weighted by Crippen LogP contribution is 2.19. The van der Waals surface area contributed by atoms with Crippen molar-refractivity contribution in [2.24, 2.45) is 0 Å². The molecule has 0 aliphatic carbocycles. The summed E-state index contributed by atoms with van der Waals surface area (Å²) < 4.78 is 1.92. The molecule has 0 saturated carbocycles. The van der Waals surface area contributed by atoms with E-state index >= 15 is 0 Å². The van der Waals surface area contributed by atoms with Gasteiger partial charge in [0.1, 0.15) is 0 Å². The molecule has 1 heterocycles. The number of aromatic nitrogens is 2. The second kappa shape index (κ2) is 6.34. The molecule has 2 aromatic rings. The van der Waals surface area contributed by atoms with Crippen LogP contribution in [0.25, 0.3) is 5.69 Å². The van der Waals surface area contributed by atoms with Crippen LogP contribution >= 0.6 is 0 Å². The standard InChI is InChI=1S/C16H21N3/c1-13(2)9-10-15(17-3)16-11-12-19(18-16)14-7-5-4-6-8-14/h4-8,11-12,15,17H,1,9-10H2,2-3H3. The third-order valence-corrected chi connectivity index (χ3v) is 3.20. The predicted octanol–water partition coefficient (Wildman–Crippen LogP) is 3.49. The normalized spacial score (nSPS) is 12.3. The van der Waals surface area contributed by atoms with Gasteiger partial charge in [0, 0.05) is 6.20 Å². The van der Waals surface area contributed by atoms with E-state index in [1.165, 1.54) is 5.57 Å². The minimum absolute atomic E-state index is 0.279. The van der Waals surface area contributed by atoms with E-state index in [4.69, 9.17) is 0 Å². The van der Waals surface area contributed by atoms with E-state index in [9.17, 15) is 0 Å². The minimum atomic E-state index is 0.279. The molecule has 0 spiro atoms. The molecule has 1 aromatic carbocycles. The zero-order valence-corrected chi connectivity index (χ0v) is 11.6. The van der Waals surface area contributed by atoms with Crippen LogP contribution < -0.4 is 5.32 Å². The van der Waals surface area contributed by atoms with E-state index in [0.29, 0.717) is 0 Å². The van der Waals surface area contributed by atoms with Gasteiger partial charge in [-0.05, 0) is 45.0 Å². The van der Waals surface area contributed by atoms with Crippen molar-refractivity contribution in [2.45, 2.75) is 25.8 Å². The maximum Gasteiger partial charge on any atom is 0.0798 e. The first-order valence-corrected chi connectivity index (χ1v) is 6.63. The van der Waals surface area contributed by atoms with E-state index in [0.717, 1.165) is 24.2 Å². The van der Waals surface area contributed by atoms with Gasteiger partial charge >= 0.3 is 0 Å². The molecule has 0 aliphatic rings. The fourth-order valence-electron chi connectivity index (χ4n) is 2.08. The Bertz CT molecular complexity index is 528. The number of para-hydroxylation sites is 1. The molecule has 0 saturated heterocycles. The van der Waals surface area contributed by atoms with Crippen LogP contribution in [0.5, 0.6) is 0 Å². The Morgan fingerprint density at radius 3 is 2.68 bits per heavy atom. The largest absolute Gasteiger partial charge is 0.312 e. The van der Waals surface area contributed by atoms with Crippen molar-refractivity contribution in [1.82, 2.24) is 15.1 Å². The SMILES string of the molecule is C=C(C)CCC(NC)c1ccn(-c2ccccc2)n1. The van der Waals surface area contributed by atoms with Crippen LogP contribution in [0, 0.1) is 0 Å². The molecule has 2 rings (SSSR count). The first-order valence-electron chi connectivity index (χ1n) is 6.63. The Morgan fingerprint density at radius 2 is 2.05 bits per heavy atom. The van der Waals surface area contributed by atoms with Gasteiger partial charge in [0.2, 0.25) is 0 Å². The lowest BCUT2D eigenvalue weighted by atomic mass is 10.1. The Labute approximate surface area is 115 Å². The molecule has 3 heteroatoms. The van der Waals surface area contributed by atoms with Gasteiger partial charge in [-0.25, -0.2) is 4.68 Å². The quantitative estimate of drug-likeness (QED) is 0.801. The molecule has 1 atom stereocenters. The molecular weight excluding hydrogens is 234 g/mol. The summed E-state index contributed by atoms with van der Waals surface area (Å²) in [6, 6.07) is 12.5. The van der Waals surface area contributed by atoms with Crippen molar-refractivity contribution >= 4 is 0 Å². The van der Waals surface area contributed by atoms with Crippen LogP contribution in [-0.2, 0) is 0 Å². The van der Waals surface area contributed by atoms with Crippen molar-refractivity contribution in [2.75, 3.05) is 7.05 Å². The van der Waals surface area contributed by atoms with Gasteiger partial charge < -0.3 is 5.32 Å². The average Bonchev–Trinajstić information content (AvgIpc) is 2.90. The second-order valence-electron chi connectivity index (χ2n) is 4.86. The summed E-state index contributed by atoms with van der Waals surface area (Å²) in [5, 5.41) is 7.98. The van der Waals surface area contributed by atoms with Crippen molar-refractivity contribution in [1.29, 1.82) is 0 Å². The molecule has 1 aromatic heterocycles. The molecule has 3 nitrogen and oxygen atoms in total. The second-order valence-corrected chi connectivity index (χ2v) is 4.86. The first kappa shape index (κ1) is 13.6. The maximum absolute atomic E-state index is 4.65. The van der Waals surface area contributed by atoms with Crippen LogP contribution in [0.2, 0.25) is 0 Å². The highest BCUT2D eigenvalue weighted by molar-refractivity contribution is 5.30. The van der Waals surface area contributed by atoms with Gasteiger partial charge in [-0.15, -0.1) is 6.58 Å². The van der Waals surface area contributed by atoms with Gasteiger partial charge in [-0.3, -0.25) is 0 Å². The fourth-order valence-corrected chi connectivity index (χ4v) is 2.08. The molecule has 1 N–H and O–H groups in total. The highest BCUT2D eigenvalue weighted by Gasteiger charge is 2.12.